The van der Waals surface area contributed by atoms with Crippen molar-refractivity contribution in [1.29, 1.82) is 0 Å². The van der Waals surface area contributed by atoms with Crippen LogP contribution in [0.2, 0.25) is 0 Å². The van der Waals surface area contributed by atoms with Gasteiger partial charge in [-0.3, -0.25) is 4.79 Å². The van der Waals surface area contributed by atoms with Gasteiger partial charge < -0.3 is 4.42 Å². The molecule has 156 valence electrons. The van der Waals surface area contributed by atoms with Crippen molar-refractivity contribution in [3.63, 3.8) is 0 Å². The fourth-order valence-electron chi connectivity index (χ4n) is 3.48. The maximum Gasteiger partial charge on any atom is 0.247 e. The molecule has 0 radical (unpaired) electrons. The zero-order valence-electron chi connectivity index (χ0n) is 16.3. The number of rotatable bonds is 5. The molecule has 0 N–H and O–H groups in total. The summed E-state index contributed by atoms with van der Waals surface area (Å²) in [6.07, 6.45) is 1.38. The molecule has 7 nitrogen and oxygen atoms in total. The highest BCUT2D eigenvalue weighted by Crippen LogP contribution is 2.31. The number of hydrogen-bond donors (Lipinski definition) is 0. The van der Waals surface area contributed by atoms with Gasteiger partial charge in [0.25, 0.3) is 0 Å². The topological polar surface area (TPSA) is 93.4 Å². The highest BCUT2D eigenvalue weighted by atomic mass is 32.2. The predicted molar refractivity (Wildman–Crippen MR) is 107 cm³/mol. The van der Waals surface area contributed by atoms with Crippen LogP contribution in [-0.4, -0.2) is 41.8 Å². The second kappa shape index (κ2) is 8.08. The number of hydrogen-bond acceptors (Lipinski definition) is 6. The second-order valence-corrected chi connectivity index (χ2v) is 9.17. The van der Waals surface area contributed by atoms with E-state index in [0.29, 0.717) is 30.0 Å². The van der Waals surface area contributed by atoms with Crippen LogP contribution in [0.25, 0.3) is 11.5 Å². The summed E-state index contributed by atoms with van der Waals surface area (Å²) in [7, 11) is -3.71. The molecule has 0 aliphatic carbocycles. The highest BCUT2D eigenvalue weighted by molar-refractivity contribution is 7.89. The largest absolute Gasteiger partial charge is 0.420 e. The van der Waals surface area contributed by atoms with Gasteiger partial charge >= 0.3 is 0 Å². The van der Waals surface area contributed by atoms with Crippen molar-refractivity contribution >= 4 is 15.8 Å². The maximum absolute atomic E-state index is 13.1. The van der Waals surface area contributed by atoms with Gasteiger partial charge in [0.1, 0.15) is 5.82 Å². The fraction of sp³-hybridized carbons (Fsp3) is 0.286. The molecule has 3 aromatic rings. The number of halogens is 1. The molecule has 2 aromatic carbocycles. The summed E-state index contributed by atoms with van der Waals surface area (Å²) in [5, 5.41) is 8.11. The van der Waals surface area contributed by atoms with Crippen molar-refractivity contribution in [2.24, 2.45) is 0 Å². The minimum atomic E-state index is -3.71. The third-order valence-electron chi connectivity index (χ3n) is 5.16. The Morgan fingerprint density at radius 3 is 2.47 bits per heavy atom. The second-order valence-electron chi connectivity index (χ2n) is 7.24. The van der Waals surface area contributed by atoms with Crippen molar-refractivity contribution in [1.82, 2.24) is 14.5 Å². The number of nitrogens with zero attached hydrogens (tertiary/aromatic N) is 3. The van der Waals surface area contributed by atoms with E-state index in [1.807, 2.05) is 0 Å². The molecule has 1 aromatic heterocycles. The van der Waals surface area contributed by atoms with Crippen LogP contribution in [0.3, 0.4) is 0 Å². The van der Waals surface area contributed by atoms with Crippen molar-refractivity contribution in [2.75, 3.05) is 13.1 Å². The van der Waals surface area contributed by atoms with Crippen molar-refractivity contribution < 1.29 is 22.0 Å². The van der Waals surface area contributed by atoms with Crippen LogP contribution in [0.5, 0.6) is 0 Å². The van der Waals surface area contributed by atoms with Gasteiger partial charge in [-0.2, -0.15) is 4.31 Å². The van der Waals surface area contributed by atoms with E-state index in [-0.39, 0.29) is 34.8 Å². The van der Waals surface area contributed by atoms with Crippen LogP contribution in [0.1, 0.15) is 41.9 Å². The van der Waals surface area contributed by atoms with Crippen LogP contribution in [0.4, 0.5) is 4.39 Å². The number of benzene rings is 2. The van der Waals surface area contributed by atoms with E-state index in [1.165, 1.54) is 47.6 Å². The molecular weight excluding hydrogens is 409 g/mol. The van der Waals surface area contributed by atoms with Crippen molar-refractivity contribution in [3.05, 3.63) is 65.8 Å². The predicted octanol–water partition coefficient (Wildman–Crippen LogP) is 3.65. The molecule has 1 saturated heterocycles. The molecular formula is C21H20FN3O4S. The Labute approximate surface area is 173 Å². The van der Waals surface area contributed by atoms with E-state index in [9.17, 15) is 17.6 Å². The number of carbonyl (C=O) groups is 1. The number of piperidine rings is 1. The molecule has 1 aliphatic rings. The van der Waals surface area contributed by atoms with E-state index in [4.69, 9.17) is 4.42 Å². The Hall–Kier alpha value is -2.91. The average Bonchev–Trinajstić information content (AvgIpc) is 3.25. The first kappa shape index (κ1) is 20.4. The molecule has 0 amide bonds. The standard InChI is InChI=1S/C21H20FN3O4S/c1-14(26)15-6-10-19(11-7-15)30(27,28)25-12-2-3-17(13-25)21-24-23-20(29-21)16-4-8-18(22)9-5-16/h4-11,17H,2-3,12-13H2,1H3. The molecule has 4 rings (SSSR count). The first-order chi connectivity index (χ1) is 14.3. The van der Waals surface area contributed by atoms with Gasteiger partial charge in [0.15, 0.2) is 5.78 Å². The molecule has 1 atom stereocenters. The molecule has 1 aliphatic heterocycles. The van der Waals surface area contributed by atoms with E-state index in [1.54, 1.807) is 12.1 Å². The van der Waals surface area contributed by atoms with Gasteiger partial charge in [0.2, 0.25) is 21.8 Å². The molecule has 0 saturated carbocycles. The molecule has 1 unspecified atom stereocenters. The normalized spacial score (nSPS) is 17.7. The minimum absolute atomic E-state index is 0.120. The maximum atomic E-state index is 13.1. The number of aromatic nitrogens is 2. The molecule has 9 heteroatoms. The Kier molecular flexibility index (Phi) is 5.48. The van der Waals surface area contributed by atoms with Crippen LogP contribution < -0.4 is 0 Å². The Bertz CT molecular complexity index is 1160. The van der Waals surface area contributed by atoms with Gasteiger partial charge in [-0.15, -0.1) is 10.2 Å². The lowest BCUT2D eigenvalue weighted by atomic mass is 10.00. The third kappa shape index (κ3) is 4.03. The lowest BCUT2D eigenvalue weighted by molar-refractivity contribution is 0.101. The van der Waals surface area contributed by atoms with Gasteiger partial charge in [0, 0.05) is 24.2 Å². The number of carbonyl (C=O) groups excluding carboxylic acids is 1. The monoisotopic (exact) mass is 429 g/mol. The van der Waals surface area contributed by atoms with Crippen LogP contribution in [0, 0.1) is 5.82 Å². The quantitative estimate of drug-likeness (QED) is 0.575. The summed E-state index contributed by atoms with van der Waals surface area (Å²) < 4.78 is 46.4. The molecule has 1 fully saturated rings. The van der Waals surface area contributed by atoms with E-state index >= 15 is 0 Å². The number of ketones is 1. The SMILES string of the molecule is CC(=O)c1ccc(S(=O)(=O)N2CCCC(c3nnc(-c4ccc(F)cc4)o3)C2)cc1. The average molecular weight is 429 g/mol. The fourth-order valence-corrected chi connectivity index (χ4v) is 5.01. The smallest absolute Gasteiger partial charge is 0.247 e. The number of Topliss-reactive ketones (excluding diaryl/α,β-unsaturated/α-hetero) is 1. The Balaban J connectivity index is 1.53. The van der Waals surface area contributed by atoms with Crippen LogP contribution >= 0.6 is 0 Å². The summed E-state index contributed by atoms with van der Waals surface area (Å²) in [4.78, 5) is 11.6. The van der Waals surface area contributed by atoms with E-state index in [2.05, 4.69) is 10.2 Å². The molecule has 0 bridgehead atoms. The highest BCUT2D eigenvalue weighted by Gasteiger charge is 2.33. The first-order valence-corrected chi connectivity index (χ1v) is 11.0. The zero-order chi connectivity index (χ0) is 21.3. The van der Waals surface area contributed by atoms with Crippen molar-refractivity contribution in [2.45, 2.75) is 30.6 Å². The molecule has 30 heavy (non-hydrogen) atoms. The Morgan fingerprint density at radius 1 is 1.10 bits per heavy atom. The summed E-state index contributed by atoms with van der Waals surface area (Å²) in [5.74, 6) is -0.0778. The van der Waals surface area contributed by atoms with Gasteiger partial charge in [-0.05, 0) is 56.2 Å². The zero-order valence-corrected chi connectivity index (χ0v) is 17.1. The van der Waals surface area contributed by atoms with Gasteiger partial charge in [0.05, 0.1) is 10.8 Å². The summed E-state index contributed by atoms with van der Waals surface area (Å²) in [6.45, 7) is 2.05. The summed E-state index contributed by atoms with van der Waals surface area (Å²) in [6, 6.07) is 11.7. The van der Waals surface area contributed by atoms with Crippen molar-refractivity contribution in [3.8, 4) is 11.5 Å². The summed E-state index contributed by atoms with van der Waals surface area (Å²) in [5.41, 5.74) is 1.06. The summed E-state index contributed by atoms with van der Waals surface area (Å²) >= 11 is 0. The van der Waals surface area contributed by atoms with E-state index in [0.717, 1.165) is 6.42 Å². The molecule has 0 spiro atoms. The first-order valence-electron chi connectivity index (χ1n) is 9.55. The van der Waals surface area contributed by atoms with Crippen LogP contribution in [0.15, 0.2) is 57.8 Å². The number of sulfonamides is 1. The lowest BCUT2D eigenvalue weighted by Crippen LogP contribution is -2.39. The third-order valence-corrected chi connectivity index (χ3v) is 7.04. The van der Waals surface area contributed by atoms with E-state index < -0.39 is 10.0 Å². The molecule has 2 heterocycles. The lowest BCUT2D eigenvalue weighted by Gasteiger charge is -2.30. The Morgan fingerprint density at radius 2 is 1.80 bits per heavy atom. The van der Waals surface area contributed by atoms with Gasteiger partial charge in [-0.1, -0.05) is 12.1 Å². The minimum Gasteiger partial charge on any atom is -0.420 e. The van der Waals surface area contributed by atoms with Crippen LogP contribution in [-0.2, 0) is 10.0 Å². The van der Waals surface area contributed by atoms with Gasteiger partial charge in [-0.25, -0.2) is 12.8 Å².